The highest BCUT2D eigenvalue weighted by molar-refractivity contribution is 6.30. The molecule has 1 aliphatic heterocycles. The third kappa shape index (κ3) is 2.86. The summed E-state index contributed by atoms with van der Waals surface area (Å²) in [4.78, 5) is 37.8. The van der Waals surface area contributed by atoms with Gasteiger partial charge in [-0.2, -0.15) is 0 Å². The minimum atomic E-state index is -0.386. The van der Waals surface area contributed by atoms with E-state index in [4.69, 9.17) is 11.6 Å². The van der Waals surface area contributed by atoms with Crippen molar-refractivity contribution < 1.29 is 14.4 Å². The van der Waals surface area contributed by atoms with Gasteiger partial charge in [0.1, 0.15) is 6.54 Å². The minimum Gasteiger partial charge on any atom is -0.324 e. The number of halogens is 1. The van der Waals surface area contributed by atoms with E-state index in [9.17, 15) is 14.4 Å². The summed E-state index contributed by atoms with van der Waals surface area (Å²) in [5.74, 6) is -1.23. The summed E-state index contributed by atoms with van der Waals surface area (Å²) in [5, 5.41) is 3.17. The van der Waals surface area contributed by atoms with Crippen molar-refractivity contribution in [2.24, 2.45) is 11.8 Å². The highest BCUT2D eigenvalue weighted by Gasteiger charge is 2.48. The maximum atomic E-state index is 12.3. The molecule has 3 rings (SSSR count). The van der Waals surface area contributed by atoms with Crippen molar-refractivity contribution in [3.63, 3.8) is 0 Å². The second-order valence-electron chi connectivity index (χ2n) is 5.82. The minimum absolute atomic E-state index is 0.198. The number of nitrogens with zero attached hydrogens (tertiary/aromatic N) is 1. The van der Waals surface area contributed by atoms with E-state index in [2.05, 4.69) is 5.32 Å². The Morgan fingerprint density at radius 2 is 1.82 bits per heavy atom. The molecule has 0 bridgehead atoms. The molecule has 5 nitrogen and oxygen atoms in total. The number of carbonyl (C=O) groups is 3. The van der Waals surface area contributed by atoms with Gasteiger partial charge >= 0.3 is 0 Å². The van der Waals surface area contributed by atoms with Crippen molar-refractivity contribution in [1.29, 1.82) is 0 Å². The first-order chi connectivity index (χ1) is 10.6. The summed E-state index contributed by atoms with van der Waals surface area (Å²) in [5.41, 5.74) is 0.550. The summed E-state index contributed by atoms with van der Waals surface area (Å²) in [6.07, 6.45) is 3.45. The van der Waals surface area contributed by atoms with E-state index in [-0.39, 0.29) is 36.1 Å². The van der Waals surface area contributed by atoms with Crippen LogP contribution >= 0.6 is 11.6 Å². The fraction of sp³-hybridized carbons (Fsp3) is 0.438. The molecule has 1 aromatic rings. The Labute approximate surface area is 133 Å². The maximum Gasteiger partial charge on any atom is 0.244 e. The lowest BCUT2D eigenvalue weighted by atomic mass is 9.81. The van der Waals surface area contributed by atoms with E-state index in [1.54, 1.807) is 24.3 Å². The second kappa shape index (κ2) is 6.08. The molecular weight excluding hydrogens is 304 g/mol. The van der Waals surface area contributed by atoms with Gasteiger partial charge in [-0.3, -0.25) is 19.3 Å². The smallest absolute Gasteiger partial charge is 0.244 e. The fourth-order valence-electron chi connectivity index (χ4n) is 3.30. The van der Waals surface area contributed by atoms with Gasteiger partial charge in [0, 0.05) is 10.7 Å². The summed E-state index contributed by atoms with van der Waals surface area (Å²) < 4.78 is 0. The maximum absolute atomic E-state index is 12.3. The number of fused-ring (bicyclic) bond motifs is 1. The van der Waals surface area contributed by atoms with Gasteiger partial charge in [0.25, 0.3) is 0 Å². The topological polar surface area (TPSA) is 66.5 Å². The van der Waals surface area contributed by atoms with Gasteiger partial charge in [-0.05, 0) is 31.0 Å². The highest BCUT2D eigenvalue weighted by Crippen LogP contribution is 2.37. The molecule has 0 spiro atoms. The number of carbonyl (C=O) groups excluding carboxylic acids is 3. The molecule has 2 atom stereocenters. The van der Waals surface area contributed by atoms with Crippen LogP contribution < -0.4 is 5.32 Å². The molecule has 1 heterocycles. The first-order valence-corrected chi connectivity index (χ1v) is 7.84. The third-order valence-corrected chi connectivity index (χ3v) is 4.58. The number of rotatable bonds is 3. The molecule has 0 unspecified atom stereocenters. The van der Waals surface area contributed by atoms with E-state index in [1.807, 2.05) is 0 Å². The van der Waals surface area contributed by atoms with Crippen molar-refractivity contribution >= 4 is 35.0 Å². The Morgan fingerprint density at radius 3 is 2.41 bits per heavy atom. The van der Waals surface area contributed by atoms with Crippen LogP contribution in [0.4, 0.5) is 5.69 Å². The predicted octanol–water partition coefficient (Wildman–Crippen LogP) is 2.45. The Hall–Kier alpha value is -1.88. The van der Waals surface area contributed by atoms with Gasteiger partial charge in [-0.15, -0.1) is 0 Å². The van der Waals surface area contributed by atoms with Gasteiger partial charge in [0.15, 0.2) is 0 Å². The lowest BCUT2D eigenvalue weighted by Gasteiger charge is -2.19. The van der Waals surface area contributed by atoms with Gasteiger partial charge in [0.05, 0.1) is 11.8 Å². The molecule has 2 fully saturated rings. The van der Waals surface area contributed by atoms with Crippen molar-refractivity contribution in [3.05, 3.63) is 29.3 Å². The summed E-state index contributed by atoms with van der Waals surface area (Å²) in [7, 11) is 0. The first kappa shape index (κ1) is 15.0. The normalized spacial score (nSPS) is 24.3. The Balaban J connectivity index is 1.66. The average molecular weight is 321 g/mol. The molecule has 3 amide bonds. The number of hydrogen-bond donors (Lipinski definition) is 1. The van der Waals surface area contributed by atoms with E-state index < -0.39 is 0 Å². The molecule has 1 saturated carbocycles. The van der Waals surface area contributed by atoms with Crippen molar-refractivity contribution in [3.8, 4) is 0 Å². The fourth-order valence-corrected chi connectivity index (χ4v) is 3.49. The van der Waals surface area contributed by atoms with E-state index in [0.717, 1.165) is 30.6 Å². The Morgan fingerprint density at radius 1 is 1.18 bits per heavy atom. The number of anilines is 1. The molecule has 1 saturated heterocycles. The molecular formula is C16H17ClN2O3. The molecule has 0 aromatic heterocycles. The summed E-state index contributed by atoms with van der Waals surface area (Å²) >= 11 is 5.86. The summed E-state index contributed by atoms with van der Waals surface area (Å²) in [6.45, 7) is -0.225. The highest BCUT2D eigenvalue weighted by atomic mass is 35.5. The zero-order valence-electron chi connectivity index (χ0n) is 12.0. The molecule has 22 heavy (non-hydrogen) atoms. The molecule has 116 valence electrons. The number of hydrogen-bond acceptors (Lipinski definition) is 3. The zero-order chi connectivity index (χ0) is 15.7. The van der Waals surface area contributed by atoms with Crippen molar-refractivity contribution in [1.82, 2.24) is 4.90 Å². The Bertz CT molecular complexity index is 608. The van der Waals surface area contributed by atoms with E-state index in [1.165, 1.54) is 0 Å². The van der Waals surface area contributed by atoms with Crippen LogP contribution in [0.25, 0.3) is 0 Å². The van der Waals surface area contributed by atoms with Crippen LogP contribution in [0.15, 0.2) is 24.3 Å². The van der Waals surface area contributed by atoms with Gasteiger partial charge in [-0.1, -0.05) is 30.5 Å². The van der Waals surface area contributed by atoms with Crippen LogP contribution in [0, 0.1) is 11.8 Å². The van der Waals surface area contributed by atoms with Crippen LogP contribution in [0.1, 0.15) is 25.7 Å². The monoisotopic (exact) mass is 320 g/mol. The predicted molar refractivity (Wildman–Crippen MR) is 82.2 cm³/mol. The second-order valence-corrected chi connectivity index (χ2v) is 6.26. The van der Waals surface area contributed by atoms with E-state index in [0.29, 0.717) is 10.7 Å². The molecule has 6 heteroatoms. The van der Waals surface area contributed by atoms with E-state index >= 15 is 0 Å². The lowest BCUT2D eigenvalue weighted by molar-refractivity contribution is -0.142. The molecule has 1 N–H and O–H groups in total. The van der Waals surface area contributed by atoms with Crippen molar-refractivity contribution in [2.75, 3.05) is 11.9 Å². The number of amides is 3. The molecule has 1 aromatic carbocycles. The molecule has 0 radical (unpaired) electrons. The van der Waals surface area contributed by atoms with Crippen LogP contribution in [0.5, 0.6) is 0 Å². The van der Waals surface area contributed by atoms with Crippen LogP contribution in [0.2, 0.25) is 5.02 Å². The quantitative estimate of drug-likeness (QED) is 0.870. The SMILES string of the molecule is O=C(CN1C(=O)[C@@H]2CCCC[C@H]2C1=O)Nc1cccc(Cl)c1. The third-order valence-electron chi connectivity index (χ3n) is 4.34. The average Bonchev–Trinajstić information content (AvgIpc) is 2.73. The number of benzene rings is 1. The van der Waals surface area contributed by atoms with Crippen LogP contribution in [0.3, 0.4) is 0 Å². The van der Waals surface area contributed by atoms with Crippen LogP contribution in [-0.2, 0) is 14.4 Å². The molecule has 1 aliphatic carbocycles. The van der Waals surface area contributed by atoms with Gasteiger partial charge < -0.3 is 5.32 Å². The largest absolute Gasteiger partial charge is 0.324 e. The number of nitrogens with one attached hydrogen (secondary N) is 1. The lowest BCUT2D eigenvalue weighted by Crippen LogP contribution is -2.38. The first-order valence-electron chi connectivity index (χ1n) is 7.47. The van der Waals surface area contributed by atoms with Crippen LogP contribution in [-0.4, -0.2) is 29.2 Å². The summed E-state index contributed by atoms with van der Waals surface area (Å²) in [6, 6.07) is 6.75. The molecule has 2 aliphatic rings. The van der Waals surface area contributed by atoms with Gasteiger partial charge in [0.2, 0.25) is 17.7 Å². The van der Waals surface area contributed by atoms with Crippen molar-refractivity contribution in [2.45, 2.75) is 25.7 Å². The number of likely N-dealkylation sites (tertiary alicyclic amines) is 1. The van der Waals surface area contributed by atoms with Gasteiger partial charge in [-0.25, -0.2) is 0 Å². The number of imide groups is 1. The Kier molecular flexibility index (Phi) is 4.16. The standard InChI is InChI=1S/C16H17ClN2O3/c17-10-4-3-5-11(8-10)18-14(20)9-19-15(21)12-6-1-2-7-13(12)16(19)22/h3-5,8,12-13H,1-2,6-7,9H2,(H,18,20)/t12-,13-/m1/s1. The zero-order valence-corrected chi connectivity index (χ0v) is 12.8.